The van der Waals surface area contributed by atoms with Gasteiger partial charge < -0.3 is 10.6 Å². The van der Waals surface area contributed by atoms with Crippen LogP contribution in [0.4, 0.5) is 0 Å². The summed E-state index contributed by atoms with van der Waals surface area (Å²) in [6.07, 6.45) is 3.44. The van der Waals surface area contributed by atoms with Crippen molar-refractivity contribution in [1.29, 1.82) is 0 Å². The van der Waals surface area contributed by atoms with Crippen molar-refractivity contribution in [3.63, 3.8) is 0 Å². The molecule has 104 valence electrons. The lowest BCUT2D eigenvalue weighted by Crippen LogP contribution is -2.47. The first-order chi connectivity index (χ1) is 9.61. The van der Waals surface area contributed by atoms with Crippen molar-refractivity contribution >= 4 is 17.3 Å². The SMILES string of the molecule is Cc1nccnc1C1(C)CN=C(N)N1Cc1cccs1. The van der Waals surface area contributed by atoms with E-state index in [0.717, 1.165) is 17.9 Å². The topological polar surface area (TPSA) is 67.4 Å². The van der Waals surface area contributed by atoms with Gasteiger partial charge in [-0.15, -0.1) is 11.3 Å². The van der Waals surface area contributed by atoms with Crippen molar-refractivity contribution in [2.75, 3.05) is 6.54 Å². The molecule has 6 heteroatoms. The second kappa shape index (κ2) is 4.86. The molecule has 0 aliphatic carbocycles. The number of thiophene rings is 1. The molecule has 20 heavy (non-hydrogen) atoms. The summed E-state index contributed by atoms with van der Waals surface area (Å²) in [5.41, 5.74) is 7.64. The molecule has 0 radical (unpaired) electrons. The molecular formula is C14H17N5S. The zero-order valence-electron chi connectivity index (χ0n) is 11.6. The Hall–Kier alpha value is -1.95. The van der Waals surface area contributed by atoms with Crippen molar-refractivity contribution in [1.82, 2.24) is 14.9 Å². The predicted molar refractivity (Wildman–Crippen MR) is 80.5 cm³/mol. The second-order valence-electron chi connectivity index (χ2n) is 5.10. The number of nitrogens with zero attached hydrogens (tertiary/aromatic N) is 4. The molecule has 2 aromatic heterocycles. The van der Waals surface area contributed by atoms with E-state index >= 15 is 0 Å². The van der Waals surface area contributed by atoms with Crippen LogP contribution in [0.25, 0.3) is 0 Å². The van der Waals surface area contributed by atoms with Gasteiger partial charge in [-0.3, -0.25) is 15.0 Å². The van der Waals surface area contributed by atoms with Crippen LogP contribution in [0.1, 0.15) is 23.2 Å². The third-order valence-electron chi connectivity index (χ3n) is 3.71. The van der Waals surface area contributed by atoms with Crippen LogP contribution in [0.2, 0.25) is 0 Å². The summed E-state index contributed by atoms with van der Waals surface area (Å²) in [6.45, 7) is 5.47. The van der Waals surface area contributed by atoms with Crippen LogP contribution in [-0.2, 0) is 12.1 Å². The molecule has 0 fully saturated rings. The summed E-state index contributed by atoms with van der Waals surface area (Å²) in [6, 6.07) is 4.16. The first-order valence-corrected chi connectivity index (χ1v) is 7.37. The maximum Gasteiger partial charge on any atom is 0.192 e. The van der Waals surface area contributed by atoms with E-state index in [1.807, 2.05) is 13.0 Å². The average Bonchev–Trinajstić information content (AvgIpc) is 3.04. The molecule has 0 saturated heterocycles. The van der Waals surface area contributed by atoms with Crippen LogP contribution in [-0.4, -0.2) is 27.4 Å². The highest BCUT2D eigenvalue weighted by Gasteiger charge is 2.42. The average molecular weight is 287 g/mol. The normalized spacial score (nSPS) is 22.1. The van der Waals surface area contributed by atoms with Crippen LogP contribution in [0.5, 0.6) is 0 Å². The fourth-order valence-corrected chi connectivity index (χ4v) is 3.30. The largest absolute Gasteiger partial charge is 0.370 e. The third-order valence-corrected chi connectivity index (χ3v) is 4.57. The van der Waals surface area contributed by atoms with Crippen LogP contribution in [0.15, 0.2) is 34.9 Å². The molecule has 2 N–H and O–H groups in total. The Labute approximate surface area is 122 Å². The van der Waals surface area contributed by atoms with Crippen LogP contribution >= 0.6 is 11.3 Å². The second-order valence-corrected chi connectivity index (χ2v) is 6.14. The predicted octanol–water partition coefficient (Wildman–Crippen LogP) is 1.89. The number of aliphatic imine (C=N–C) groups is 1. The van der Waals surface area contributed by atoms with E-state index in [2.05, 4.69) is 38.2 Å². The molecule has 0 amide bonds. The van der Waals surface area contributed by atoms with E-state index in [9.17, 15) is 0 Å². The molecule has 5 nitrogen and oxygen atoms in total. The molecule has 3 heterocycles. The van der Waals surface area contributed by atoms with Gasteiger partial charge in [0.1, 0.15) is 5.54 Å². The number of hydrogen-bond donors (Lipinski definition) is 1. The van der Waals surface area contributed by atoms with Crippen LogP contribution < -0.4 is 5.73 Å². The summed E-state index contributed by atoms with van der Waals surface area (Å²) in [4.78, 5) is 16.7. The minimum absolute atomic E-state index is 0.327. The molecule has 1 aliphatic rings. The highest BCUT2D eigenvalue weighted by atomic mass is 32.1. The van der Waals surface area contributed by atoms with Crippen LogP contribution in [0, 0.1) is 6.92 Å². The Balaban J connectivity index is 1.97. The molecule has 0 aromatic carbocycles. The summed E-state index contributed by atoms with van der Waals surface area (Å²) < 4.78 is 0. The lowest BCUT2D eigenvalue weighted by Gasteiger charge is -2.35. The Kier molecular flexibility index (Phi) is 3.17. The molecule has 0 saturated carbocycles. The molecule has 0 spiro atoms. The van der Waals surface area contributed by atoms with E-state index in [1.165, 1.54) is 4.88 Å². The van der Waals surface area contributed by atoms with Crippen LogP contribution in [0.3, 0.4) is 0 Å². The van der Waals surface area contributed by atoms with Crippen molar-refractivity contribution in [3.8, 4) is 0 Å². The Morgan fingerprint density at radius 3 is 2.90 bits per heavy atom. The van der Waals surface area contributed by atoms with E-state index in [0.29, 0.717) is 12.5 Å². The number of guanidine groups is 1. The van der Waals surface area contributed by atoms with Gasteiger partial charge in [-0.2, -0.15) is 0 Å². The summed E-state index contributed by atoms with van der Waals surface area (Å²) in [5, 5.41) is 2.07. The zero-order chi connectivity index (χ0) is 14.2. The van der Waals surface area contributed by atoms with E-state index < -0.39 is 0 Å². The van der Waals surface area contributed by atoms with Gasteiger partial charge >= 0.3 is 0 Å². The highest BCUT2D eigenvalue weighted by molar-refractivity contribution is 7.09. The van der Waals surface area contributed by atoms with Gasteiger partial charge in [-0.05, 0) is 25.3 Å². The van der Waals surface area contributed by atoms with Gasteiger partial charge in [0.15, 0.2) is 5.96 Å². The summed E-state index contributed by atoms with van der Waals surface area (Å²) in [7, 11) is 0. The fourth-order valence-electron chi connectivity index (χ4n) is 2.61. The Morgan fingerprint density at radius 1 is 1.40 bits per heavy atom. The lowest BCUT2D eigenvalue weighted by atomic mass is 9.94. The number of hydrogen-bond acceptors (Lipinski definition) is 6. The van der Waals surface area contributed by atoms with Crippen molar-refractivity contribution in [2.45, 2.75) is 25.9 Å². The minimum atomic E-state index is -0.327. The molecule has 1 unspecified atom stereocenters. The van der Waals surface area contributed by atoms with Gasteiger partial charge in [0.25, 0.3) is 0 Å². The molecule has 2 aromatic rings. The standard InChI is InChI=1S/C14H17N5S/c1-10-12(17-6-5-16-10)14(2)9-18-13(15)19(14)8-11-4-3-7-20-11/h3-7H,8-9H2,1-2H3,(H2,15,18). The summed E-state index contributed by atoms with van der Waals surface area (Å²) in [5.74, 6) is 0.575. The Morgan fingerprint density at radius 2 is 2.20 bits per heavy atom. The maximum absolute atomic E-state index is 6.09. The smallest absolute Gasteiger partial charge is 0.192 e. The number of nitrogens with two attached hydrogens (primary N) is 1. The van der Waals surface area contributed by atoms with Gasteiger partial charge in [0.2, 0.25) is 0 Å². The quantitative estimate of drug-likeness (QED) is 0.936. The molecule has 1 aliphatic heterocycles. The molecule has 3 rings (SSSR count). The van der Waals surface area contributed by atoms with Gasteiger partial charge in [0, 0.05) is 17.3 Å². The van der Waals surface area contributed by atoms with E-state index in [4.69, 9.17) is 5.73 Å². The Bertz CT molecular complexity index is 637. The first kappa shape index (κ1) is 13.1. The lowest BCUT2D eigenvalue weighted by molar-refractivity contribution is 0.211. The van der Waals surface area contributed by atoms with Gasteiger partial charge in [-0.25, -0.2) is 0 Å². The zero-order valence-corrected chi connectivity index (χ0v) is 12.4. The van der Waals surface area contributed by atoms with E-state index in [1.54, 1.807) is 23.7 Å². The maximum atomic E-state index is 6.09. The number of aryl methyl sites for hydroxylation is 1. The number of aromatic nitrogens is 2. The van der Waals surface area contributed by atoms with Crippen molar-refractivity contribution < 1.29 is 0 Å². The fraction of sp³-hybridized carbons (Fsp3) is 0.357. The molecule has 0 bridgehead atoms. The van der Waals surface area contributed by atoms with Gasteiger partial charge in [-0.1, -0.05) is 6.07 Å². The van der Waals surface area contributed by atoms with E-state index in [-0.39, 0.29) is 5.54 Å². The van der Waals surface area contributed by atoms with Gasteiger partial charge in [0.05, 0.1) is 24.5 Å². The third kappa shape index (κ3) is 2.06. The monoisotopic (exact) mass is 287 g/mol. The summed E-state index contributed by atoms with van der Waals surface area (Å²) >= 11 is 1.72. The van der Waals surface area contributed by atoms with Crippen molar-refractivity contribution in [3.05, 3.63) is 46.2 Å². The molecular weight excluding hydrogens is 270 g/mol. The molecule has 1 atom stereocenters. The highest BCUT2D eigenvalue weighted by Crippen LogP contribution is 2.34. The minimum Gasteiger partial charge on any atom is -0.370 e. The number of rotatable bonds is 3. The first-order valence-electron chi connectivity index (χ1n) is 6.49. The van der Waals surface area contributed by atoms with Crippen molar-refractivity contribution in [2.24, 2.45) is 10.7 Å².